The molecule has 86 valence electrons. The number of hydrogen-bond acceptors (Lipinski definition) is 2. The van der Waals surface area contributed by atoms with Gasteiger partial charge in [-0.25, -0.2) is 0 Å². The van der Waals surface area contributed by atoms with E-state index < -0.39 is 0 Å². The van der Waals surface area contributed by atoms with Crippen LogP contribution in [-0.4, -0.2) is 18.7 Å². The summed E-state index contributed by atoms with van der Waals surface area (Å²) in [4.78, 5) is 4.76. The van der Waals surface area contributed by atoms with Gasteiger partial charge in [0.25, 0.3) is 0 Å². The molecule has 0 amide bonds. The molecule has 2 heteroatoms. The summed E-state index contributed by atoms with van der Waals surface area (Å²) in [7, 11) is 1.76. The minimum absolute atomic E-state index is 0.764. The van der Waals surface area contributed by atoms with Crippen molar-refractivity contribution in [1.29, 1.82) is 0 Å². The Morgan fingerprint density at radius 1 is 1.19 bits per heavy atom. The normalized spacial score (nSPS) is 20.1. The van der Waals surface area contributed by atoms with Gasteiger partial charge in [-0.05, 0) is 49.3 Å². The third kappa shape index (κ3) is 2.27. The summed E-state index contributed by atoms with van der Waals surface area (Å²) in [6, 6.07) is 4.65. The highest BCUT2D eigenvalue weighted by Gasteiger charge is 2.29. The van der Waals surface area contributed by atoms with E-state index in [2.05, 4.69) is 12.1 Å². The fourth-order valence-electron chi connectivity index (χ4n) is 2.21. The van der Waals surface area contributed by atoms with Crippen molar-refractivity contribution >= 4 is 0 Å². The molecule has 0 aromatic carbocycles. The van der Waals surface area contributed by atoms with E-state index in [0.717, 1.165) is 24.9 Å². The molecule has 2 aliphatic rings. The van der Waals surface area contributed by atoms with Gasteiger partial charge in [0.15, 0.2) is 0 Å². The van der Waals surface area contributed by atoms with Gasteiger partial charge in [0.1, 0.15) is 0 Å². The number of rotatable bonds is 5. The van der Waals surface area contributed by atoms with Crippen molar-refractivity contribution in [1.82, 2.24) is 4.98 Å². The first-order chi connectivity index (χ1) is 7.86. The fraction of sp³-hybridized carbons (Fsp3) is 0.643. The second-order valence-electron chi connectivity index (χ2n) is 5.11. The van der Waals surface area contributed by atoms with Gasteiger partial charge in [-0.1, -0.05) is 0 Å². The Balaban J connectivity index is 1.84. The van der Waals surface area contributed by atoms with Crippen molar-refractivity contribution in [2.24, 2.45) is 0 Å². The maximum atomic E-state index is 5.14. The first-order valence-corrected chi connectivity index (χ1v) is 6.36. The highest BCUT2D eigenvalue weighted by Crippen LogP contribution is 2.44. The molecule has 0 radical (unpaired) electrons. The maximum absolute atomic E-state index is 5.14. The molecule has 0 aliphatic heterocycles. The topological polar surface area (TPSA) is 22.1 Å². The predicted molar refractivity (Wildman–Crippen MR) is 63.8 cm³/mol. The molecule has 0 saturated heterocycles. The van der Waals surface area contributed by atoms with Crippen LogP contribution in [0.3, 0.4) is 0 Å². The number of ether oxygens (including phenoxy) is 1. The Morgan fingerprint density at radius 2 is 1.94 bits per heavy atom. The Morgan fingerprint density at radius 3 is 2.56 bits per heavy atom. The molecule has 2 nitrogen and oxygen atoms in total. The average molecular weight is 217 g/mol. The number of hydrogen-bond donors (Lipinski definition) is 0. The number of aromatic nitrogens is 1. The minimum atomic E-state index is 0.764. The smallest absolute Gasteiger partial charge is 0.0517 e. The standard InChI is InChI=1S/C14H19NO/c1-16-7-6-13-8-12(10-2-3-10)9-14(15-13)11-4-5-11/h8-11H,2-7H2,1H3. The number of methoxy groups -OCH3 is 1. The van der Waals surface area contributed by atoms with Crippen LogP contribution in [0.5, 0.6) is 0 Å². The van der Waals surface area contributed by atoms with Crippen LogP contribution in [0.4, 0.5) is 0 Å². The Labute approximate surface area is 97.0 Å². The van der Waals surface area contributed by atoms with Crippen LogP contribution in [0.25, 0.3) is 0 Å². The molecule has 2 fully saturated rings. The lowest BCUT2D eigenvalue weighted by Crippen LogP contribution is -2.01. The molecule has 1 aromatic rings. The Kier molecular flexibility index (Phi) is 2.68. The fourth-order valence-corrected chi connectivity index (χ4v) is 2.21. The lowest BCUT2D eigenvalue weighted by molar-refractivity contribution is 0.201. The van der Waals surface area contributed by atoms with Crippen molar-refractivity contribution in [3.05, 3.63) is 29.1 Å². The van der Waals surface area contributed by atoms with Gasteiger partial charge in [0.2, 0.25) is 0 Å². The highest BCUT2D eigenvalue weighted by atomic mass is 16.5. The SMILES string of the molecule is COCCc1cc(C2CC2)cc(C2CC2)n1. The van der Waals surface area contributed by atoms with E-state index in [1.807, 2.05) is 0 Å². The van der Waals surface area contributed by atoms with Crippen molar-refractivity contribution in [2.45, 2.75) is 43.9 Å². The lowest BCUT2D eigenvalue weighted by atomic mass is 10.1. The van der Waals surface area contributed by atoms with Crippen molar-refractivity contribution in [3.8, 4) is 0 Å². The van der Waals surface area contributed by atoms with E-state index in [-0.39, 0.29) is 0 Å². The summed E-state index contributed by atoms with van der Waals surface area (Å²) < 4.78 is 5.14. The first kappa shape index (κ1) is 10.3. The molecule has 0 spiro atoms. The first-order valence-electron chi connectivity index (χ1n) is 6.36. The average Bonchev–Trinajstić information content (AvgIpc) is 3.19. The zero-order valence-electron chi connectivity index (χ0n) is 9.91. The van der Waals surface area contributed by atoms with Crippen LogP contribution >= 0.6 is 0 Å². The van der Waals surface area contributed by atoms with Gasteiger partial charge in [0, 0.05) is 30.8 Å². The molecule has 0 N–H and O–H groups in total. The largest absolute Gasteiger partial charge is 0.384 e. The molecule has 2 aliphatic carbocycles. The van der Waals surface area contributed by atoms with Gasteiger partial charge < -0.3 is 4.74 Å². The molecule has 2 saturated carbocycles. The van der Waals surface area contributed by atoms with Crippen molar-refractivity contribution in [3.63, 3.8) is 0 Å². The monoisotopic (exact) mass is 217 g/mol. The van der Waals surface area contributed by atoms with Crippen molar-refractivity contribution in [2.75, 3.05) is 13.7 Å². The third-order valence-electron chi connectivity index (χ3n) is 3.53. The van der Waals surface area contributed by atoms with Gasteiger partial charge in [-0.15, -0.1) is 0 Å². The molecular weight excluding hydrogens is 198 g/mol. The van der Waals surface area contributed by atoms with Gasteiger partial charge in [-0.3, -0.25) is 4.98 Å². The third-order valence-corrected chi connectivity index (χ3v) is 3.53. The van der Waals surface area contributed by atoms with Crippen LogP contribution in [-0.2, 0) is 11.2 Å². The van der Waals surface area contributed by atoms with Gasteiger partial charge >= 0.3 is 0 Å². The Hall–Kier alpha value is -0.890. The second kappa shape index (κ2) is 4.17. The molecule has 0 atom stereocenters. The minimum Gasteiger partial charge on any atom is -0.384 e. The Bertz CT molecular complexity index is 350. The molecule has 3 rings (SSSR count). The van der Waals surface area contributed by atoms with Crippen LogP contribution in [0, 0.1) is 0 Å². The highest BCUT2D eigenvalue weighted by molar-refractivity contribution is 5.31. The predicted octanol–water partition coefficient (Wildman–Crippen LogP) is 3.03. The van der Waals surface area contributed by atoms with E-state index >= 15 is 0 Å². The molecule has 16 heavy (non-hydrogen) atoms. The summed E-state index contributed by atoms with van der Waals surface area (Å²) >= 11 is 0. The van der Waals surface area contributed by atoms with Crippen LogP contribution < -0.4 is 0 Å². The lowest BCUT2D eigenvalue weighted by Gasteiger charge is -2.07. The summed E-state index contributed by atoms with van der Waals surface area (Å²) in [5.74, 6) is 1.60. The van der Waals surface area contributed by atoms with Crippen molar-refractivity contribution < 1.29 is 4.74 Å². The quantitative estimate of drug-likeness (QED) is 0.756. The van der Waals surface area contributed by atoms with Crippen LogP contribution in [0.2, 0.25) is 0 Å². The van der Waals surface area contributed by atoms with Gasteiger partial charge in [-0.2, -0.15) is 0 Å². The van der Waals surface area contributed by atoms with E-state index in [1.54, 1.807) is 7.11 Å². The number of pyridine rings is 1. The van der Waals surface area contributed by atoms with Crippen LogP contribution in [0.1, 0.15) is 54.5 Å². The van der Waals surface area contributed by atoms with E-state index in [4.69, 9.17) is 9.72 Å². The molecular formula is C14H19NO. The second-order valence-corrected chi connectivity index (χ2v) is 5.11. The van der Waals surface area contributed by atoms with E-state index in [0.29, 0.717) is 0 Å². The van der Waals surface area contributed by atoms with Gasteiger partial charge in [0.05, 0.1) is 6.61 Å². The molecule has 0 unspecified atom stereocenters. The maximum Gasteiger partial charge on any atom is 0.0517 e. The number of nitrogens with zero attached hydrogens (tertiary/aromatic N) is 1. The summed E-state index contributed by atoms with van der Waals surface area (Å²) in [6.07, 6.45) is 6.38. The summed E-state index contributed by atoms with van der Waals surface area (Å²) in [6.45, 7) is 0.783. The van der Waals surface area contributed by atoms with Crippen LogP contribution in [0.15, 0.2) is 12.1 Å². The molecule has 0 bridgehead atoms. The summed E-state index contributed by atoms with van der Waals surface area (Å²) in [5.41, 5.74) is 4.10. The molecule has 1 aromatic heterocycles. The molecule has 1 heterocycles. The zero-order chi connectivity index (χ0) is 11.0. The van der Waals surface area contributed by atoms with E-state index in [9.17, 15) is 0 Å². The zero-order valence-corrected chi connectivity index (χ0v) is 9.91. The van der Waals surface area contributed by atoms with E-state index in [1.165, 1.54) is 42.6 Å². The summed E-state index contributed by atoms with van der Waals surface area (Å²) in [5, 5.41) is 0.